The van der Waals surface area contributed by atoms with Gasteiger partial charge in [0, 0.05) is 0 Å². The van der Waals surface area contributed by atoms with E-state index in [4.69, 9.17) is 21.1 Å². The Morgan fingerprint density at radius 1 is 0.900 bits per heavy atom. The van der Waals surface area contributed by atoms with Crippen LogP contribution >= 0.6 is 11.6 Å². The van der Waals surface area contributed by atoms with Crippen LogP contribution in [0.3, 0.4) is 0 Å². The predicted octanol–water partition coefficient (Wildman–Crippen LogP) is 2.00. The van der Waals surface area contributed by atoms with Crippen LogP contribution in [0.4, 0.5) is 4.79 Å². The molecule has 0 aliphatic heterocycles. The van der Waals surface area contributed by atoms with E-state index in [1.54, 1.807) is 20.8 Å². The van der Waals surface area contributed by atoms with Gasteiger partial charge in [-0.2, -0.15) is 0 Å². The third-order valence-corrected chi connectivity index (χ3v) is 1.80. The van der Waals surface area contributed by atoms with E-state index in [9.17, 15) is 14.4 Å². The molecule has 0 radical (unpaired) electrons. The van der Waals surface area contributed by atoms with Gasteiger partial charge in [-0.15, -0.1) is 0 Å². The molecule has 0 aromatic rings. The minimum absolute atomic E-state index is 0.0642. The Kier molecular flexibility index (Phi) is 8.71. The summed E-state index contributed by atoms with van der Waals surface area (Å²) in [6.07, 6.45) is -1.10. The molecule has 8 heteroatoms. The standard InChI is InChI=1S/C12H19ClO7/c1-12(2,3)20-10(15)5-4-9(14)17-6-7-18-11(16)19-8-13/h4-8H2,1-3H3. The first-order valence-electron chi connectivity index (χ1n) is 5.97. The van der Waals surface area contributed by atoms with Gasteiger partial charge >= 0.3 is 18.1 Å². The maximum atomic E-state index is 11.3. The van der Waals surface area contributed by atoms with Crippen LogP contribution in [-0.4, -0.2) is 43.0 Å². The molecule has 116 valence electrons. The lowest BCUT2D eigenvalue weighted by Crippen LogP contribution is -2.24. The van der Waals surface area contributed by atoms with E-state index in [0.29, 0.717) is 0 Å². The summed E-state index contributed by atoms with van der Waals surface area (Å²) < 4.78 is 18.6. The third-order valence-electron chi connectivity index (χ3n) is 1.69. The first kappa shape index (κ1) is 18.5. The van der Waals surface area contributed by atoms with Crippen molar-refractivity contribution in [1.82, 2.24) is 0 Å². The van der Waals surface area contributed by atoms with Crippen molar-refractivity contribution in [2.45, 2.75) is 39.2 Å². The Morgan fingerprint density at radius 3 is 2.00 bits per heavy atom. The number of carbonyl (C=O) groups is 3. The van der Waals surface area contributed by atoms with Gasteiger partial charge in [0.15, 0.2) is 6.07 Å². The second-order valence-corrected chi connectivity index (χ2v) is 4.88. The number of halogens is 1. The first-order valence-corrected chi connectivity index (χ1v) is 6.51. The molecule has 0 fully saturated rings. The van der Waals surface area contributed by atoms with Crippen molar-refractivity contribution < 1.29 is 33.3 Å². The molecule has 0 heterocycles. The Labute approximate surface area is 122 Å². The summed E-state index contributed by atoms with van der Waals surface area (Å²) in [4.78, 5) is 33.3. The highest BCUT2D eigenvalue weighted by molar-refractivity contribution is 6.17. The van der Waals surface area contributed by atoms with Crippen molar-refractivity contribution in [2.24, 2.45) is 0 Å². The SMILES string of the molecule is CC(C)(C)OC(=O)CCC(=O)OCCOC(=O)OCCl. The maximum Gasteiger partial charge on any atom is 0.509 e. The lowest BCUT2D eigenvalue weighted by Gasteiger charge is -2.19. The molecule has 0 aromatic heterocycles. The lowest BCUT2D eigenvalue weighted by molar-refractivity contribution is -0.158. The molecule has 0 unspecified atom stereocenters. The van der Waals surface area contributed by atoms with E-state index in [1.165, 1.54) is 0 Å². The van der Waals surface area contributed by atoms with Gasteiger partial charge in [-0.3, -0.25) is 9.59 Å². The zero-order chi connectivity index (χ0) is 15.6. The van der Waals surface area contributed by atoms with Crippen LogP contribution in [0.5, 0.6) is 0 Å². The normalized spacial score (nSPS) is 10.6. The second-order valence-electron chi connectivity index (χ2n) is 4.66. The van der Waals surface area contributed by atoms with E-state index in [2.05, 4.69) is 9.47 Å². The van der Waals surface area contributed by atoms with Gasteiger partial charge in [-0.05, 0) is 20.8 Å². The molecule has 0 N–H and O–H groups in total. The maximum absolute atomic E-state index is 11.3. The van der Waals surface area contributed by atoms with Crippen molar-refractivity contribution in [1.29, 1.82) is 0 Å². The molecule has 0 aliphatic carbocycles. The number of esters is 2. The average molecular weight is 311 g/mol. The molecule has 0 bridgehead atoms. The first-order chi connectivity index (χ1) is 9.24. The molecule has 7 nitrogen and oxygen atoms in total. The van der Waals surface area contributed by atoms with Crippen LogP contribution in [0, 0.1) is 0 Å². The number of hydrogen-bond donors (Lipinski definition) is 0. The molecular weight excluding hydrogens is 292 g/mol. The third kappa shape index (κ3) is 11.6. The van der Waals surface area contributed by atoms with Gasteiger partial charge in [0.25, 0.3) is 0 Å². The van der Waals surface area contributed by atoms with Crippen LogP contribution in [0.1, 0.15) is 33.6 Å². The molecule has 0 spiro atoms. The molecule has 0 aromatic carbocycles. The Bertz CT molecular complexity index is 335. The monoisotopic (exact) mass is 310 g/mol. The molecule has 0 saturated carbocycles. The van der Waals surface area contributed by atoms with Crippen molar-refractivity contribution in [2.75, 3.05) is 19.3 Å². The van der Waals surface area contributed by atoms with Crippen LogP contribution in [0.25, 0.3) is 0 Å². The summed E-state index contributed by atoms with van der Waals surface area (Å²) in [6.45, 7) is 4.94. The van der Waals surface area contributed by atoms with E-state index in [1.807, 2.05) is 0 Å². The van der Waals surface area contributed by atoms with Crippen molar-refractivity contribution >= 4 is 29.7 Å². The summed E-state index contributed by atoms with van der Waals surface area (Å²) in [7, 11) is 0. The van der Waals surface area contributed by atoms with E-state index in [-0.39, 0.29) is 32.1 Å². The number of rotatable bonds is 7. The highest BCUT2D eigenvalue weighted by Crippen LogP contribution is 2.09. The van der Waals surface area contributed by atoms with Crippen LogP contribution in [0.2, 0.25) is 0 Å². The molecular formula is C12H19ClO7. The van der Waals surface area contributed by atoms with Crippen molar-refractivity contribution in [3.63, 3.8) is 0 Å². The van der Waals surface area contributed by atoms with Gasteiger partial charge in [-0.25, -0.2) is 4.79 Å². The van der Waals surface area contributed by atoms with Gasteiger partial charge in [0.2, 0.25) is 0 Å². The Morgan fingerprint density at radius 2 is 1.45 bits per heavy atom. The summed E-state index contributed by atoms with van der Waals surface area (Å²) in [5.41, 5.74) is -0.586. The molecule has 0 rings (SSSR count). The summed E-state index contributed by atoms with van der Waals surface area (Å²) in [5.74, 6) is -1.05. The zero-order valence-corrected chi connectivity index (χ0v) is 12.5. The largest absolute Gasteiger partial charge is 0.509 e. The topological polar surface area (TPSA) is 88.1 Å². The Balaban J connectivity index is 3.64. The molecule has 20 heavy (non-hydrogen) atoms. The second kappa shape index (κ2) is 9.41. The average Bonchev–Trinajstić information content (AvgIpc) is 2.30. The predicted molar refractivity (Wildman–Crippen MR) is 69.2 cm³/mol. The lowest BCUT2D eigenvalue weighted by atomic mass is 10.2. The summed E-state index contributed by atoms with van der Waals surface area (Å²) >= 11 is 5.12. The quantitative estimate of drug-likeness (QED) is 0.307. The minimum Gasteiger partial charge on any atom is -0.462 e. The van der Waals surface area contributed by atoms with Gasteiger partial charge in [0.1, 0.15) is 18.8 Å². The number of carbonyl (C=O) groups excluding carboxylic acids is 3. The van der Waals surface area contributed by atoms with Gasteiger partial charge in [0.05, 0.1) is 12.8 Å². The van der Waals surface area contributed by atoms with Crippen molar-refractivity contribution in [3.8, 4) is 0 Å². The smallest absolute Gasteiger partial charge is 0.462 e. The van der Waals surface area contributed by atoms with Crippen molar-refractivity contribution in [3.05, 3.63) is 0 Å². The Hall–Kier alpha value is -1.50. The zero-order valence-electron chi connectivity index (χ0n) is 11.8. The number of hydrogen-bond acceptors (Lipinski definition) is 7. The fraction of sp³-hybridized carbons (Fsp3) is 0.750. The fourth-order valence-electron chi connectivity index (χ4n) is 1.04. The molecule has 0 saturated heterocycles. The summed E-state index contributed by atoms with van der Waals surface area (Å²) in [5, 5.41) is 0. The van der Waals surface area contributed by atoms with Gasteiger partial charge in [-0.1, -0.05) is 11.6 Å². The van der Waals surface area contributed by atoms with Crippen LogP contribution in [0.15, 0.2) is 0 Å². The van der Waals surface area contributed by atoms with E-state index < -0.39 is 23.7 Å². The molecule has 0 atom stereocenters. The van der Waals surface area contributed by atoms with Crippen LogP contribution in [-0.2, 0) is 28.5 Å². The summed E-state index contributed by atoms with van der Waals surface area (Å²) in [6, 6.07) is -0.311. The highest BCUT2D eigenvalue weighted by atomic mass is 35.5. The fourth-order valence-corrected chi connectivity index (χ4v) is 1.12. The number of ether oxygens (including phenoxy) is 4. The van der Waals surface area contributed by atoms with Crippen LogP contribution < -0.4 is 0 Å². The molecule has 0 amide bonds. The van der Waals surface area contributed by atoms with E-state index in [0.717, 1.165) is 0 Å². The highest BCUT2D eigenvalue weighted by Gasteiger charge is 2.17. The molecule has 0 aliphatic rings. The van der Waals surface area contributed by atoms with E-state index >= 15 is 0 Å². The van der Waals surface area contributed by atoms with Gasteiger partial charge < -0.3 is 18.9 Å². The number of alkyl halides is 1. The minimum atomic E-state index is -0.940.